The van der Waals surface area contributed by atoms with Crippen LogP contribution in [0.25, 0.3) is 0 Å². The third-order valence-electron chi connectivity index (χ3n) is 4.68. The summed E-state index contributed by atoms with van der Waals surface area (Å²) in [6.07, 6.45) is 11.6. The van der Waals surface area contributed by atoms with Crippen molar-refractivity contribution in [2.75, 3.05) is 13.2 Å². The monoisotopic (exact) mass is 382 g/mol. The summed E-state index contributed by atoms with van der Waals surface area (Å²) in [5.74, 6) is -0.182. The van der Waals surface area contributed by atoms with Crippen LogP contribution in [0.1, 0.15) is 84.1 Å². The summed E-state index contributed by atoms with van der Waals surface area (Å²) in [5.41, 5.74) is 1.01. The Morgan fingerprint density at radius 2 is 1.52 bits per heavy atom. The topological polar surface area (TPSA) is 27.7 Å². The molecule has 0 heterocycles. The fraction of sp³-hybridized carbons (Fsp3) is 0.739. The number of benzene rings is 1. The molecule has 3 nitrogen and oxygen atoms in total. The van der Waals surface area contributed by atoms with E-state index in [1.54, 1.807) is 12.1 Å². The highest BCUT2D eigenvalue weighted by atomic mass is 19.1. The second-order valence-electron chi connectivity index (χ2n) is 7.04. The van der Waals surface area contributed by atoms with Gasteiger partial charge in [-0.25, -0.2) is 4.39 Å². The molecule has 0 N–H and O–H groups in total. The average molecular weight is 383 g/mol. The average Bonchev–Trinajstić information content (AvgIpc) is 2.65. The largest absolute Gasteiger partial charge is 0.330 e. The van der Waals surface area contributed by atoms with Crippen LogP contribution in [0.5, 0.6) is 0 Å². The van der Waals surface area contributed by atoms with Crippen molar-refractivity contribution in [2.45, 2.75) is 97.6 Å². The van der Waals surface area contributed by atoms with E-state index in [2.05, 4.69) is 6.92 Å². The van der Waals surface area contributed by atoms with Crippen LogP contribution in [-0.4, -0.2) is 25.8 Å². The molecule has 0 aliphatic rings. The number of hydrogen-bond donors (Lipinski definition) is 0. The molecule has 1 aromatic rings. The Bertz CT molecular complexity index is 461. The normalized spacial score (nSPS) is 12.6. The highest BCUT2D eigenvalue weighted by Gasteiger charge is 2.17. The third-order valence-corrected chi connectivity index (χ3v) is 4.68. The van der Waals surface area contributed by atoms with Crippen LogP contribution in [0.3, 0.4) is 0 Å². The molecule has 0 aromatic heterocycles. The minimum Gasteiger partial charge on any atom is -0.330 e. The zero-order chi connectivity index (χ0) is 19.7. The van der Waals surface area contributed by atoms with Crippen LogP contribution < -0.4 is 0 Å². The Balaban J connectivity index is 2.46. The Kier molecular flexibility index (Phi) is 14.3. The van der Waals surface area contributed by atoms with Gasteiger partial charge in [-0.05, 0) is 50.8 Å². The van der Waals surface area contributed by atoms with E-state index in [9.17, 15) is 4.39 Å². The van der Waals surface area contributed by atoms with Crippen molar-refractivity contribution in [1.82, 2.24) is 0 Å². The lowest BCUT2D eigenvalue weighted by atomic mass is 10.0. The van der Waals surface area contributed by atoms with E-state index >= 15 is 0 Å². The SMILES string of the molecule is CCCCCCCCCC(CCc1cccc(F)c1)OC(OCC)OCC. The fourth-order valence-corrected chi connectivity index (χ4v) is 3.19. The number of rotatable bonds is 17. The summed E-state index contributed by atoms with van der Waals surface area (Å²) in [6.45, 7) is 6.62. The Hall–Kier alpha value is -0.970. The highest BCUT2D eigenvalue weighted by molar-refractivity contribution is 5.16. The summed E-state index contributed by atoms with van der Waals surface area (Å²) in [5, 5.41) is 0. The second-order valence-corrected chi connectivity index (χ2v) is 7.04. The molecule has 0 spiro atoms. The zero-order valence-corrected chi connectivity index (χ0v) is 17.6. The number of ether oxygens (including phenoxy) is 3. The maximum atomic E-state index is 13.4. The summed E-state index contributed by atoms with van der Waals surface area (Å²) in [6, 6.07) is 6.82. The molecule has 1 rings (SSSR count). The van der Waals surface area contributed by atoms with Crippen LogP contribution >= 0.6 is 0 Å². The first-order valence-corrected chi connectivity index (χ1v) is 10.8. The van der Waals surface area contributed by atoms with Crippen LogP contribution in [0.2, 0.25) is 0 Å². The predicted octanol–water partition coefficient (Wildman–Crippen LogP) is 6.64. The van der Waals surface area contributed by atoms with Crippen LogP contribution in [0.4, 0.5) is 4.39 Å². The minimum atomic E-state index is -0.609. The summed E-state index contributed by atoms with van der Waals surface area (Å²) < 4.78 is 30.6. The van der Waals surface area contributed by atoms with E-state index < -0.39 is 6.48 Å². The van der Waals surface area contributed by atoms with Gasteiger partial charge in [0, 0.05) is 13.2 Å². The van der Waals surface area contributed by atoms with Gasteiger partial charge < -0.3 is 14.2 Å². The first kappa shape index (κ1) is 24.1. The van der Waals surface area contributed by atoms with E-state index in [4.69, 9.17) is 14.2 Å². The molecule has 0 radical (unpaired) electrons. The van der Waals surface area contributed by atoms with Gasteiger partial charge in [-0.3, -0.25) is 0 Å². The maximum Gasteiger partial charge on any atom is 0.271 e. The smallest absolute Gasteiger partial charge is 0.271 e. The molecule has 0 aliphatic carbocycles. The number of hydrogen-bond acceptors (Lipinski definition) is 3. The number of aryl methyl sites for hydroxylation is 1. The Morgan fingerprint density at radius 1 is 0.852 bits per heavy atom. The van der Waals surface area contributed by atoms with E-state index in [0.717, 1.165) is 31.2 Å². The lowest BCUT2D eigenvalue weighted by Gasteiger charge is -2.24. The zero-order valence-electron chi connectivity index (χ0n) is 17.6. The van der Waals surface area contributed by atoms with E-state index in [1.165, 1.54) is 44.6 Å². The molecular formula is C23H39FO3. The first-order chi connectivity index (χ1) is 13.2. The predicted molar refractivity (Wildman–Crippen MR) is 109 cm³/mol. The highest BCUT2D eigenvalue weighted by Crippen LogP contribution is 2.18. The molecule has 1 aromatic carbocycles. The van der Waals surface area contributed by atoms with Crippen molar-refractivity contribution < 1.29 is 18.6 Å². The quantitative estimate of drug-likeness (QED) is 0.223. The van der Waals surface area contributed by atoms with E-state index in [-0.39, 0.29) is 11.9 Å². The molecule has 0 fully saturated rings. The van der Waals surface area contributed by atoms with Gasteiger partial charge in [0.1, 0.15) is 5.82 Å². The molecular weight excluding hydrogens is 343 g/mol. The number of unbranched alkanes of at least 4 members (excludes halogenated alkanes) is 6. The second kappa shape index (κ2) is 16.0. The molecule has 0 amide bonds. The lowest BCUT2D eigenvalue weighted by molar-refractivity contribution is -0.302. The van der Waals surface area contributed by atoms with Gasteiger partial charge in [0.05, 0.1) is 6.10 Å². The van der Waals surface area contributed by atoms with Crippen molar-refractivity contribution in [1.29, 1.82) is 0 Å². The van der Waals surface area contributed by atoms with Crippen molar-refractivity contribution in [3.63, 3.8) is 0 Å². The van der Waals surface area contributed by atoms with Crippen LogP contribution in [-0.2, 0) is 20.6 Å². The fourth-order valence-electron chi connectivity index (χ4n) is 3.19. The third kappa shape index (κ3) is 12.2. The van der Waals surface area contributed by atoms with Gasteiger partial charge in [-0.2, -0.15) is 0 Å². The molecule has 0 aliphatic heterocycles. The van der Waals surface area contributed by atoms with Crippen molar-refractivity contribution >= 4 is 0 Å². The molecule has 156 valence electrons. The van der Waals surface area contributed by atoms with Crippen molar-refractivity contribution in [3.05, 3.63) is 35.6 Å². The van der Waals surface area contributed by atoms with Gasteiger partial charge in [-0.15, -0.1) is 0 Å². The molecule has 4 heteroatoms. The molecule has 1 atom stereocenters. The molecule has 0 saturated carbocycles. The lowest BCUT2D eigenvalue weighted by Crippen LogP contribution is -2.28. The standard InChI is InChI=1S/C23H39FO3/c1-4-7-8-9-10-11-12-16-22(27-23(25-5-2)26-6-3)18-17-20-14-13-15-21(24)19-20/h13-15,19,22-23H,4-12,16-18H2,1-3H3. The Labute approximate surface area is 165 Å². The van der Waals surface area contributed by atoms with Crippen LogP contribution in [0, 0.1) is 5.82 Å². The van der Waals surface area contributed by atoms with Gasteiger partial charge >= 0.3 is 0 Å². The number of halogens is 1. The van der Waals surface area contributed by atoms with Crippen LogP contribution in [0.15, 0.2) is 24.3 Å². The van der Waals surface area contributed by atoms with Gasteiger partial charge in [0.2, 0.25) is 0 Å². The van der Waals surface area contributed by atoms with Crippen molar-refractivity contribution in [2.24, 2.45) is 0 Å². The maximum absolute atomic E-state index is 13.4. The molecule has 27 heavy (non-hydrogen) atoms. The minimum absolute atomic E-state index is 0.0620. The van der Waals surface area contributed by atoms with Gasteiger partial charge in [0.15, 0.2) is 0 Å². The summed E-state index contributed by atoms with van der Waals surface area (Å²) in [4.78, 5) is 0. The van der Waals surface area contributed by atoms with Gasteiger partial charge in [-0.1, -0.05) is 64.0 Å². The molecule has 0 saturated heterocycles. The van der Waals surface area contributed by atoms with Crippen molar-refractivity contribution in [3.8, 4) is 0 Å². The first-order valence-electron chi connectivity index (χ1n) is 10.8. The van der Waals surface area contributed by atoms with Gasteiger partial charge in [0.25, 0.3) is 6.48 Å². The summed E-state index contributed by atoms with van der Waals surface area (Å²) in [7, 11) is 0. The van der Waals surface area contributed by atoms with E-state index in [1.807, 2.05) is 19.9 Å². The molecule has 1 unspecified atom stereocenters. The Morgan fingerprint density at radius 3 is 2.15 bits per heavy atom. The summed E-state index contributed by atoms with van der Waals surface area (Å²) >= 11 is 0. The van der Waals surface area contributed by atoms with E-state index in [0.29, 0.717) is 13.2 Å². The molecule has 0 bridgehead atoms.